The first-order chi connectivity index (χ1) is 12.7. The summed E-state index contributed by atoms with van der Waals surface area (Å²) in [6.07, 6.45) is 2.70. The van der Waals surface area contributed by atoms with Gasteiger partial charge < -0.3 is 14.7 Å². The molecule has 5 nitrogen and oxygen atoms in total. The van der Waals surface area contributed by atoms with E-state index in [0.29, 0.717) is 12.3 Å². The highest BCUT2D eigenvalue weighted by molar-refractivity contribution is 8.16. The third-order valence-electron chi connectivity index (χ3n) is 5.36. The third kappa shape index (κ3) is 3.75. The van der Waals surface area contributed by atoms with Crippen molar-refractivity contribution in [3.63, 3.8) is 0 Å². The molecule has 0 radical (unpaired) electrons. The standard InChI is InChI=1S/C20H26N4OS/c1-22(13-16-8-11-23(14-16)17-6-3-2-4-7-17)19(25)12-18-15-26-20-21-9-5-10-24(18)20/h2-4,6-7,15-16H,5,8-14H2,1H3. The van der Waals surface area contributed by atoms with Gasteiger partial charge in [-0.15, -0.1) is 0 Å². The second kappa shape index (κ2) is 7.74. The van der Waals surface area contributed by atoms with Crippen LogP contribution < -0.4 is 4.90 Å². The zero-order valence-corrected chi connectivity index (χ0v) is 16.1. The minimum atomic E-state index is 0.210. The summed E-state index contributed by atoms with van der Waals surface area (Å²) in [5.41, 5.74) is 2.40. The number of hydrogen-bond donors (Lipinski definition) is 0. The third-order valence-corrected chi connectivity index (χ3v) is 6.31. The summed E-state index contributed by atoms with van der Waals surface area (Å²) >= 11 is 1.66. The minimum absolute atomic E-state index is 0.210. The molecule has 3 heterocycles. The van der Waals surface area contributed by atoms with Crippen molar-refractivity contribution in [3.05, 3.63) is 41.4 Å². The molecule has 1 amide bonds. The Labute approximate surface area is 159 Å². The van der Waals surface area contributed by atoms with Gasteiger partial charge in [-0.2, -0.15) is 0 Å². The quantitative estimate of drug-likeness (QED) is 0.799. The number of nitrogens with zero attached hydrogens (tertiary/aromatic N) is 4. The Morgan fingerprint density at radius 1 is 1.31 bits per heavy atom. The molecule has 0 bridgehead atoms. The molecule has 1 fully saturated rings. The van der Waals surface area contributed by atoms with Crippen LogP contribution in [0.5, 0.6) is 0 Å². The number of fused-ring (bicyclic) bond motifs is 1. The van der Waals surface area contributed by atoms with Gasteiger partial charge in [0.2, 0.25) is 5.91 Å². The summed E-state index contributed by atoms with van der Waals surface area (Å²) in [6.45, 7) is 4.84. The molecule has 6 heteroatoms. The molecule has 1 unspecified atom stereocenters. The number of thioether (sulfide) groups is 1. The summed E-state index contributed by atoms with van der Waals surface area (Å²) in [5.74, 6) is 0.755. The van der Waals surface area contributed by atoms with Crippen molar-refractivity contribution in [3.8, 4) is 0 Å². The number of hydrogen-bond acceptors (Lipinski definition) is 5. The van der Waals surface area contributed by atoms with Crippen molar-refractivity contribution >= 4 is 28.5 Å². The fraction of sp³-hybridized carbons (Fsp3) is 0.500. The number of benzene rings is 1. The van der Waals surface area contributed by atoms with Crippen LogP contribution in [-0.4, -0.2) is 60.6 Å². The lowest BCUT2D eigenvalue weighted by atomic mass is 10.1. The predicted octanol–water partition coefficient (Wildman–Crippen LogP) is 3.01. The van der Waals surface area contributed by atoms with Crippen LogP contribution in [0.1, 0.15) is 19.3 Å². The van der Waals surface area contributed by atoms with E-state index in [1.165, 1.54) is 5.69 Å². The van der Waals surface area contributed by atoms with Gasteiger partial charge in [0.05, 0.1) is 6.42 Å². The van der Waals surface area contributed by atoms with E-state index in [1.807, 2.05) is 11.9 Å². The van der Waals surface area contributed by atoms with Crippen LogP contribution in [0.4, 0.5) is 5.69 Å². The average Bonchev–Trinajstić information content (AvgIpc) is 3.30. The molecule has 0 saturated carbocycles. The van der Waals surface area contributed by atoms with E-state index in [0.717, 1.165) is 56.4 Å². The highest BCUT2D eigenvalue weighted by atomic mass is 32.2. The van der Waals surface area contributed by atoms with Crippen LogP contribution in [0.25, 0.3) is 0 Å². The Hall–Kier alpha value is -1.95. The normalized spacial score (nSPS) is 22.1. The molecule has 1 aromatic rings. The van der Waals surface area contributed by atoms with Gasteiger partial charge in [0.25, 0.3) is 0 Å². The first-order valence-electron chi connectivity index (χ1n) is 9.42. The monoisotopic (exact) mass is 370 g/mol. The van der Waals surface area contributed by atoms with Crippen LogP contribution in [0, 0.1) is 5.92 Å². The lowest BCUT2D eigenvalue weighted by Crippen LogP contribution is -2.36. The van der Waals surface area contributed by atoms with Crippen molar-refractivity contribution < 1.29 is 4.79 Å². The summed E-state index contributed by atoms with van der Waals surface area (Å²) in [4.78, 5) is 23.8. The highest BCUT2D eigenvalue weighted by Gasteiger charge is 2.29. The van der Waals surface area contributed by atoms with E-state index in [1.54, 1.807) is 11.8 Å². The zero-order valence-electron chi connectivity index (χ0n) is 15.3. The van der Waals surface area contributed by atoms with Crippen LogP contribution in [0.2, 0.25) is 0 Å². The van der Waals surface area contributed by atoms with Gasteiger partial charge in [0, 0.05) is 51.2 Å². The number of amides is 1. The molecular formula is C20H26N4OS. The average molecular weight is 371 g/mol. The first-order valence-corrected chi connectivity index (χ1v) is 10.3. The van der Waals surface area contributed by atoms with Gasteiger partial charge in [0.15, 0.2) is 5.17 Å². The Bertz CT molecular complexity index is 718. The molecule has 1 saturated heterocycles. The molecule has 3 aliphatic heterocycles. The summed E-state index contributed by atoms with van der Waals surface area (Å²) in [5, 5.41) is 3.17. The molecule has 138 valence electrons. The Morgan fingerprint density at radius 2 is 2.15 bits per heavy atom. The zero-order chi connectivity index (χ0) is 17.9. The SMILES string of the molecule is CN(CC1CCN(c2ccccc2)C1)C(=O)CC1=CSC2=NCCCN12. The molecule has 0 aromatic heterocycles. The molecular weight excluding hydrogens is 344 g/mol. The van der Waals surface area contributed by atoms with Gasteiger partial charge >= 0.3 is 0 Å². The van der Waals surface area contributed by atoms with Crippen molar-refractivity contribution in [2.75, 3.05) is 44.7 Å². The van der Waals surface area contributed by atoms with Gasteiger partial charge in [-0.05, 0) is 36.3 Å². The number of aliphatic imine (C=N–C) groups is 1. The molecule has 0 aliphatic carbocycles. The van der Waals surface area contributed by atoms with E-state index < -0.39 is 0 Å². The van der Waals surface area contributed by atoms with Crippen LogP contribution in [-0.2, 0) is 4.79 Å². The topological polar surface area (TPSA) is 39.1 Å². The second-order valence-corrected chi connectivity index (χ2v) is 8.12. The second-order valence-electron chi connectivity index (χ2n) is 7.28. The van der Waals surface area contributed by atoms with Crippen molar-refractivity contribution in [2.45, 2.75) is 19.3 Å². The van der Waals surface area contributed by atoms with E-state index in [9.17, 15) is 4.79 Å². The van der Waals surface area contributed by atoms with E-state index in [-0.39, 0.29) is 5.91 Å². The summed E-state index contributed by atoms with van der Waals surface area (Å²) in [6, 6.07) is 10.6. The lowest BCUT2D eigenvalue weighted by Gasteiger charge is -2.27. The number of para-hydroxylation sites is 1. The maximum absolute atomic E-state index is 12.7. The molecule has 3 aliphatic rings. The van der Waals surface area contributed by atoms with E-state index >= 15 is 0 Å². The molecule has 1 atom stereocenters. The largest absolute Gasteiger partial charge is 0.371 e. The Balaban J connectivity index is 1.28. The minimum Gasteiger partial charge on any atom is -0.371 e. The van der Waals surface area contributed by atoms with Crippen LogP contribution >= 0.6 is 11.8 Å². The van der Waals surface area contributed by atoms with Gasteiger partial charge in [-0.1, -0.05) is 30.0 Å². The fourth-order valence-electron chi connectivity index (χ4n) is 3.91. The number of carbonyl (C=O) groups excluding carboxylic acids is 1. The van der Waals surface area contributed by atoms with E-state index in [2.05, 4.69) is 50.5 Å². The summed E-state index contributed by atoms with van der Waals surface area (Å²) in [7, 11) is 1.95. The number of rotatable bonds is 5. The number of amidine groups is 1. The molecule has 0 spiro atoms. The van der Waals surface area contributed by atoms with Crippen molar-refractivity contribution in [1.29, 1.82) is 0 Å². The number of carbonyl (C=O) groups is 1. The van der Waals surface area contributed by atoms with Crippen LogP contribution in [0.3, 0.4) is 0 Å². The maximum Gasteiger partial charge on any atom is 0.228 e. The van der Waals surface area contributed by atoms with Gasteiger partial charge in [-0.25, -0.2) is 0 Å². The predicted molar refractivity (Wildman–Crippen MR) is 108 cm³/mol. The number of anilines is 1. The fourth-order valence-corrected chi connectivity index (χ4v) is 4.86. The van der Waals surface area contributed by atoms with Gasteiger partial charge in [-0.3, -0.25) is 9.79 Å². The first kappa shape index (κ1) is 17.5. The van der Waals surface area contributed by atoms with Crippen LogP contribution in [0.15, 0.2) is 46.4 Å². The maximum atomic E-state index is 12.7. The van der Waals surface area contributed by atoms with Gasteiger partial charge in [0.1, 0.15) is 0 Å². The highest BCUT2D eigenvalue weighted by Crippen LogP contribution is 2.31. The molecule has 26 heavy (non-hydrogen) atoms. The Kier molecular flexibility index (Phi) is 5.20. The molecule has 1 aromatic carbocycles. The molecule has 4 rings (SSSR count). The Morgan fingerprint density at radius 3 is 3.00 bits per heavy atom. The molecule has 0 N–H and O–H groups in total. The van der Waals surface area contributed by atoms with Crippen molar-refractivity contribution in [2.24, 2.45) is 10.9 Å². The lowest BCUT2D eigenvalue weighted by molar-refractivity contribution is -0.129. The van der Waals surface area contributed by atoms with E-state index in [4.69, 9.17) is 0 Å². The van der Waals surface area contributed by atoms with Crippen molar-refractivity contribution in [1.82, 2.24) is 9.80 Å². The smallest absolute Gasteiger partial charge is 0.228 e. The summed E-state index contributed by atoms with van der Waals surface area (Å²) < 4.78 is 0.